The summed E-state index contributed by atoms with van der Waals surface area (Å²) in [7, 11) is 2.35. The molecule has 17 heavy (non-hydrogen) atoms. The van der Waals surface area contributed by atoms with E-state index in [1.54, 1.807) is 0 Å². The zero-order valence-corrected chi connectivity index (χ0v) is 9.56. The summed E-state index contributed by atoms with van der Waals surface area (Å²) < 4.78 is 9.15. The van der Waals surface area contributed by atoms with Crippen LogP contribution in [0.4, 0.5) is 0 Å². The third kappa shape index (κ3) is 2.20. The maximum atomic E-state index is 11.6. The van der Waals surface area contributed by atoms with Crippen molar-refractivity contribution in [2.45, 2.75) is 6.42 Å². The summed E-state index contributed by atoms with van der Waals surface area (Å²) in [6.07, 6.45) is 4.00. The van der Waals surface area contributed by atoms with Gasteiger partial charge >= 0.3 is 11.9 Å². The average Bonchev–Trinajstić information content (AvgIpc) is 2.36. The number of nitrogens with two attached hydrogens (primary N) is 1. The van der Waals surface area contributed by atoms with Gasteiger partial charge in [-0.2, -0.15) is 0 Å². The van der Waals surface area contributed by atoms with Gasteiger partial charge in [0.15, 0.2) is 5.41 Å². The highest BCUT2D eigenvalue weighted by Gasteiger charge is 2.46. The summed E-state index contributed by atoms with van der Waals surface area (Å²) >= 11 is 0. The summed E-state index contributed by atoms with van der Waals surface area (Å²) in [6, 6.07) is 0. The summed E-state index contributed by atoms with van der Waals surface area (Å²) in [6.45, 7) is 0. The number of allylic oxidation sites excluding steroid dienone is 1. The van der Waals surface area contributed by atoms with Crippen molar-refractivity contribution < 1.29 is 23.9 Å². The molecule has 0 radical (unpaired) electrons. The zero-order chi connectivity index (χ0) is 13.1. The fourth-order valence-corrected chi connectivity index (χ4v) is 1.57. The molecule has 1 aliphatic carbocycles. The first-order valence-electron chi connectivity index (χ1n) is 4.84. The monoisotopic (exact) mass is 239 g/mol. The number of hydrogen-bond donors (Lipinski definition) is 1. The second kappa shape index (κ2) is 4.82. The van der Waals surface area contributed by atoms with Crippen LogP contribution < -0.4 is 5.73 Å². The Balaban J connectivity index is 3.08. The molecule has 6 heteroatoms. The van der Waals surface area contributed by atoms with Gasteiger partial charge in [0.1, 0.15) is 0 Å². The van der Waals surface area contributed by atoms with E-state index < -0.39 is 23.3 Å². The lowest BCUT2D eigenvalue weighted by atomic mass is 9.80. The molecule has 0 heterocycles. The van der Waals surface area contributed by atoms with E-state index >= 15 is 0 Å². The van der Waals surface area contributed by atoms with Gasteiger partial charge in [0, 0.05) is 5.57 Å². The van der Waals surface area contributed by atoms with Gasteiger partial charge in [-0.05, 0) is 6.42 Å². The molecule has 0 atom stereocenters. The van der Waals surface area contributed by atoms with E-state index in [-0.39, 0.29) is 12.0 Å². The van der Waals surface area contributed by atoms with Crippen LogP contribution in [0.15, 0.2) is 23.8 Å². The van der Waals surface area contributed by atoms with Gasteiger partial charge in [-0.3, -0.25) is 14.4 Å². The Bertz CT molecular complexity index is 406. The van der Waals surface area contributed by atoms with Gasteiger partial charge in [-0.25, -0.2) is 0 Å². The van der Waals surface area contributed by atoms with Crippen molar-refractivity contribution in [1.82, 2.24) is 0 Å². The fraction of sp³-hybridized carbons (Fsp3) is 0.364. The van der Waals surface area contributed by atoms with Gasteiger partial charge in [-0.15, -0.1) is 0 Å². The topological polar surface area (TPSA) is 95.7 Å². The van der Waals surface area contributed by atoms with Crippen molar-refractivity contribution in [2.24, 2.45) is 11.1 Å². The van der Waals surface area contributed by atoms with E-state index in [4.69, 9.17) is 5.73 Å². The second-order valence-electron chi connectivity index (χ2n) is 3.52. The number of rotatable bonds is 3. The number of carbonyl (C=O) groups excluding carboxylic acids is 3. The standard InChI is InChI=1S/C11H13NO5/c1-16-9(14)11(10(15)17-2)5-3-7(4-6-11)8(12)13/h3-5H,6H2,1-2H3,(H2,12,13). The lowest BCUT2D eigenvalue weighted by Gasteiger charge is -2.25. The Hall–Kier alpha value is -2.11. The fourth-order valence-electron chi connectivity index (χ4n) is 1.57. The minimum Gasteiger partial charge on any atom is -0.468 e. The molecule has 0 aromatic heterocycles. The highest BCUT2D eigenvalue weighted by atomic mass is 16.5. The van der Waals surface area contributed by atoms with E-state index in [1.165, 1.54) is 32.4 Å². The second-order valence-corrected chi connectivity index (χ2v) is 3.52. The predicted octanol–water partition coefficient (Wildman–Crippen LogP) is -0.310. The number of primary amides is 1. The molecule has 0 aromatic carbocycles. The molecule has 0 fully saturated rings. The first-order valence-corrected chi connectivity index (χ1v) is 4.84. The summed E-state index contributed by atoms with van der Waals surface area (Å²) in [5.74, 6) is -2.09. The molecular weight excluding hydrogens is 226 g/mol. The van der Waals surface area contributed by atoms with E-state index in [0.717, 1.165) is 0 Å². The van der Waals surface area contributed by atoms with Crippen molar-refractivity contribution in [3.63, 3.8) is 0 Å². The van der Waals surface area contributed by atoms with Crippen LogP contribution in [0.2, 0.25) is 0 Å². The van der Waals surface area contributed by atoms with Crippen LogP contribution in [0.3, 0.4) is 0 Å². The Labute approximate surface area is 98.1 Å². The number of methoxy groups -OCH3 is 2. The first kappa shape index (κ1) is 13.0. The molecule has 6 nitrogen and oxygen atoms in total. The van der Waals surface area contributed by atoms with E-state index in [2.05, 4.69) is 9.47 Å². The van der Waals surface area contributed by atoms with E-state index in [9.17, 15) is 14.4 Å². The number of amides is 1. The smallest absolute Gasteiger partial charge is 0.327 e. The molecule has 1 aliphatic rings. The number of carbonyl (C=O) groups is 3. The molecule has 0 aliphatic heterocycles. The summed E-state index contributed by atoms with van der Waals surface area (Å²) in [5, 5.41) is 0. The van der Waals surface area contributed by atoms with Gasteiger partial charge in [0.05, 0.1) is 14.2 Å². The molecule has 0 saturated heterocycles. The number of esters is 2. The SMILES string of the molecule is COC(=O)C1(C(=O)OC)C=CC(C(N)=O)=CC1. The third-order valence-corrected chi connectivity index (χ3v) is 2.58. The maximum absolute atomic E-state index is 11.6. The van der Waals surface area contributed by atoms with Crippen LogP contribution in [-0.4, -0.2) is 32.1 Å². The normalized spacial score (nSPS) is 16.9. The molecule has 0 aromatic rings. The zero-order valence-electron chi connectivity index (χ0n) is 9.56. The van der Waals surface area contributed by atoms with Crippen LogP contribution in [-0.2, 0) is 23.9 Å². The van der Waals surface area contributed by atoms with Crippen LogP contribution in [0, 0.1) is 5.41 Å². The van der Waals surface area contributed by atoms with Crippen molar-refractivity contribution in [2.75, 3.05) is 14.2 Å². The van der Waals surface area contributed by atoms with Gasteiger partial charge in [0.25, 0.3) is 0 Å². The Kier molecular flexibility index (Phi) is 3.67. The predicted molar refractivity (Wildman–Crippen MR) is 57.5 cm³/mol. The maximum Gasteiger partial charge on any atom is 0.327 e. The molecule has 0 saturated carbocycles. The number of hydrogen-bond acceptors (Lipinski definition) is 5. The van der Waals surface area contributed by atoms with Crippen LogP contribution in [0.5, 0.6) is 0 Å². The minimum atomic E-state index is -1.53. The molecular formula is C11H13NO5. The van der Waals surface area contributed by atoms with Crippen LogP contribution in [0.25, 0.3) is 0 Å². The summed E-state index contributed by atoms with van der Waals surface area (Å²) in [4.78, 5) is 34.2. The van der Waals surface area contributed by atoms with Crippen molar-refractivity contribution in [3.8, 4) is 0 Å². The van der Waals surface area contributed by atoms with Crippen molar-refractivity contribution in [1.29, 1.82) is 0 Å². The van der Waals surface area contributed by atoms with E-state index in [0.29, 0.717) is 0 Å². The van der Waals surface area contributed by atoms with E-state index in [1.807, 2.05) is 0 Å². The Morgan fingerprint density at radius 2 is 1.76 bits per heavy atom. The molecule has 1 rings (SSSR count). The molecule has 92 valence electrons. The van der Waals surface area contributed by atoms with Crippen LogP contribution in [0.1, 0.15) is 6.42 Å². The van der Waals surface area contributed by atoms with Gasteiger partial charge < -0.3 is 15.2 Å². The quantitative estimate of drug-likeness (QED) is 0.538. The highest BCUT2D eigenvalue weighted by Crippen LogP contribution is 2.32. The molecule has 1 amide bonds. The van der Waals surface area contributed by atoms with Gasteiger partial charge in [-0.1, -0.05) is 18.2 Å². The molecule has 2 N–H and O–H groups in total. The largest absolute Gasteiger partial charge is 0.468 e. The third-order valence-electron chi connectivity index (χ3n) is 2.58. The Morgan fingerprint density at radius 3 is 2.06 bits per heavy atom. The first-order chi connectivity index (χ1) is 7.97. The average molecular weight is 239 g/mol. The van der Waals surface area contributed by atoms with Crippen LogP contribution >= 0.6 is 0 Å². The highest BCUT2D eigenvalue weighted by molar-refractivity contribution is 6.04. The van der Waals surface area contributed by atoms with Gasteiger partial charge in [0.2, 0.25) is 5.91 Å². The van der Waals surface area contributed by atoms with Crippen molar-refractivity contribution in [3.05, 3.63) is 23.8 Å². The molecule has 0 unspecified atom stereocenters. The number of ether oxygens (including phenoxy) is 2. The Morgan fingerprint density at radius 1 is 1.24 bits per heavy atom. The molecule has 0 spiro atoms. The molecule has 0 bridgehead atoms. The minimum absolute atomic E-state index is 0.0128. The summed E-state index contributed by atoms with van der Waals surface area (Å²) in [5.41, 5.74) is 3.80. The lowest BCUT2D eigenvalue weighted by Crippen LogP contribution is -2.40. The lowest BCUT2D eigenvalue weighted by molar-refractivity contribution is -0.165. The van der Waals surface area contributed by atoms with Crippen molar-refractivity contribution >= 4 is 17.8 Å².